The Hall–Kier alpha value is -2.68. The molecule has 2 amide bonds. The first-order valence-electron chi connectivity index (χ1n) is 13.7. The number of allylic oxidation sites excluding steroid dienone is 1. The number of aliphatic hydroxyl groups is 1. The zero-order valence-electron chi connectivity index (χ0n) is 22.8. The summed E-state index contributed by atoms with van der Waals surface area (Å²) in [5.41, 5.74) is -1.62. The van der Waals surface area contributed by atoms with Crippen LogP contribution in [0.5, 0.6) is 0 Å². The maximum Gasteiger partial charge on any atom is 0.312 e. The van der Waals surface area contributed by atoms with Gasteiger partial charge in [-0.1, -0.05) is 42.8 Å². The third-order valence-corrected chi connectivity index (χ3v) is 8.95. The molecule has 0 saturated carbocycles. The molecule has 1 N–H and O–H groups in total. The molecule has 4 rings (SSSR count). The molecule has 3 heterocycles. The predicted octanol–water partition coefficient (Wildman–Crippen LogP) is 4.15. The van der Waals surface area contributed by atoms with E-state index in [9.17, 15) is 19.5 Å². The van der Waals surface area contributed by atoms with Crippen LogP contribution in [-0.2, 0) is 23.9 Å². The number of unbranched alkanes of at least 4 members (excludes halogenated alkanes) is 2. The lowest BCUT2D eigenvalue weighted by Gasteiger charge is -2.37. The standard InChI is InChI=1S/C30H39ClN2O6/c1-5-7-12-18-38-28(37)24-23-26(35)33(16-10-11-17-34)25(30(23)19-20(3)29(24,4)39-30)27(36)32(15-6-2)22-14-9-8-13-21(22)31/h5-6,8-9,13-14,20,23-25,34H,1-2,7,10-12,15-19H2,3-4H3/t20?,23-,24-,25?,29+,30?/m0/s1. The molecule has 1 aromatic rings. The first-order chi connectivity index (χ1) is 18.7. The highest BCUT2D eigenvalue weighted by Gasteiger charge is 2.80. The van der Waals surface area contributed by atoms with Crippen molar-refractivity contribution in [3.05, 3.63) is 54.6 Å². The van der Waals surface area contributed by atoms with Gasteiger partial charge in [-0.05, 0) is 57.1 Å². The van der Waals surface area contributed by atoms with Crippen molar-refractivity contribution in [2.45, 2.75) is 63.2 Å². The molecular formula is C30H39ClN2O6. The molecule has 6 atom stereocenters. The van der Waals surface area contributed by atoms with E-state index in [2.05, 4.69) is 13.2 Å². The highest BCUT2D eigenvalue weighted by Crippen LogP contribution is 2.65. The number of carbonyl (C=O) groups excluding carboxylic acids is 3. The summed E-state index contributed by atoms with van der Waals surface area (Å²) in [5.74, 6) is -2.85. The normalized spacial score (nSPS) is 30.8. The molecule has 3 fully saturated rings. The minimum Gasteiger partial charge on any atom is -0.465 e. The Labute approximate surface area is 235 Å². The van der Waals surface area contributed by atoms with E-state index >= 15 is 0 Å². The molecular weight excluding hydrogens is 520 g/mol. The number of para-hydroxylation sites is 1. The molecule has 0 aromatic heterocycles. The molecule has 9 heteroatoms. The van der Waals surface area contributed by atoms with E-state index < -0.39 is 35.0 Å². The van der Waals surface area contributed by atoms with Gasteiger partial charge in [-0.3, -0.25) is 14.4 Å². The van der Waals surface area contributed by atoms with Crippen molar-refractivity contribution in [3.8, 4) is 0 Å². The molecule has 8 nitrogen and oxygen atoms in total. The zero-order chi connectivity index (χ0) is 28.4. The van der Waals surface area contributed by atoms with Crippen LogP contribution < -0.4 is 4.90 Å². The molecule has 212 valence electrons. The van der Waals surface area contributed by atoms with Crippen LogP contribution in [0.15, 0.2) is 49.6 Å². The number of carbonyl (C=O) groups is 3. The molecule has 3 aliphatic heterocycles. The van der Waals surface area contributed by atoms with Crippen LogP contribution in [0.2, 0.25) is 5.02 Å². The quantitative estimate of drug-likeness (QED) is 0.222. The number of ether oxygens (including phenoxy) is 2. The second-order valence-corrected chi connectivity index (χ2v) is 11.4. The second-order valence-electron chi connectivity index (χ2n) is 11.0. The van der Waals surface area contributed by atoms with Crippen LogP contribution in [0.3, 0.4) is 0 Å². The van der Waals surface area contributed by atoms with Crippen molar-refractivity contribution < 1.29 is 29.0 Å². The zero-order valence-corrected chi connectivity index (χ0v) is 23.6. The SMILES string of the molecule is C=CCCCOC(=O)[C@@H]1[C@H]2C(=O)N(CCCCO)C(C(=O)N(CC=C)c3ccccc3Cl)C23CC(C)[C@@]1(C)O3. The number of hydrogen-bond acceptors (Lipinski definition) is 6. The van der Waals surface area contributed by atoms with Crippen LogP contribution in [0.25, 0.3) is 0 Å². The van der Waals surface area contributed by atoms with Crippen LogP contribution in [0, 0.1) is 17.8 Å². The van der Waals surface area contributed by atoms with Crippen LogP contribution >= 0.6 is 11.6 Å². The molecule has 2 bridgehead atoms. The summed E-state index contributed by atoms with van der Waals surface area (Å²) in [6.45, 7) is 12.0. The fraction of sp³-hybridized carbons (Fsp3) is 0.567. The Bertz CT molecular complexity index is 1130. The maximum absolute atomic E-state index is 14.5. The third-order valence-electron chi connectivity index (χ3n) is 8.63. The number of hydrogen-bond donors (Lipinski definition) is 1. The average Bonchev–Trinajstić information content (AvgIpc) is 3.42. The van der Waals surface area contributed by atoms with E-state index in [1.165, 1.54) is 4.90 Å². The van der Waals surface area contributed by atoms with Gasteiger partial charge in [0, 0.05) is 19.7 Å². The molecule has 39 heavy (non-hydrogen) atoms. The van der Waals surface area contributed by atoms with E-state index in [1.807, 2.05) is 13.8 Å². The number of anilines is 1. The fourth-order valence-corrected chi connectivity index (χ4v) is 6.99. The summed E-state index contributed by atoms with van der Waals surface area (Å²) in [5, 5.41) is 9.79. The topological polar surface area (TPSA) is 96.4 Å². The lowest BCUT2D eigenvalue weighted by molar-refractivity contribution is -0.161. The number of benzene rings is 1. The molecule has 1 spiro atoms. The van der Waals surface area contributed by atoms with Gasteiger partial charge in [-0.25, -0.2) is 0 Å². The lowest BCUT2D eigenvalue weighted by Crippen LogP contribution is -2.57. The van der Waals surface area contributed by atoms with Crippen molar-refractivity contribution in [1.82, 2.24) is 4.90 Å². The smallest absolute Gasteiger partial charge is 0.312 e. The van der Waals surface area contributed by atoms with E-state index in [4.69, 9.17) is 21.1 Å². The van der Waals surface area contributed by atoms with Crippen molar-refractivity contribution in [2.75, 3.05) is 31.2 Å². The minimum atomic E-state index is -1.19. The minimum absolute atomic E-state index is 0.0251. The van der Waals surface area contributed by atoms with Crippen molar-refractivity contribution in [1.29, 1.82) is 0 Å². The predicted molar refractivity (Wildman–Crippen MR) is 149 cm³/mol. The average molecular weight is 559 g/mol. The number of esters is 1. The largest absolute Gasteiger partial charge is 0.465 e. The number of rotatable bonds is 13. The number of amides is 2. The summed E-state index contributed by atoms with van der Waals surface area (Å²) in [6, 6.07) is 6.08. The van der Waals surface area contributed by atoms with Gasteiger partial charge in [-0.15, -0.1) is 13.2 Å². The first kappa shape index (κ1) is 29.3. The number of aliphatic hydroxyl groups excluding tert-OH is 1. The monoisotopic (exact) mass is 558 g/mol. The van der Waals surface area contributed by atoms with E-state index in [0.29, 0.717) is 42.8 Å². The van der Waals surface area contributed by atoms with Gasteiger partial charge in [0.25, 0.3) is 5.91 Å². The second kappa shape index (κ2) is 11.8. The van der Waals surface area contributed by atoms with Gasteiger partial charge in [0.05, 0.1) is 28.8 Å². The van der Waals surface area contributed by atoms with Gasteiger partial charge >= 0.3 is 5.97 Å². The Balaban J connectivity index is 1.76. The Kier molecular flexibility index (Phi) is 8.88. The summed E-state index contributed by atoms with van der Waals surface area (Å²) in [6.07, 6.45) is 6.17. The van der Waals surface area contributed by atoms with Gasteiger partial charge < -0.3 is 24.4 Å². The van der Waals surface area contributed by atoms with Gasteiger partial charge in [-0.2, -0.15) is 0 Å². The maximum atomic E-state index is 14.5. The summed E-state index contributed by atoms with van der Waals surface area (Å²) in [4.78, 5) is 45.3. The number of likely N-dealkylation sites (tertiary alicyclic amines) is 1. The molecule has 0 aliphatic carbocycles. The molecule has 3 unspecified atom stereocenters. The summed E-state index contributed by atoms with van der Waals surface area (Å²) in [7, 11) is 0. The first-order valence-corrected chi connectivity index (χ1v) is 14.1. The van der Waals surface area contributed by atoms with Crippen LogP contribution in [0.4, 0.5) is 5.69 Å². The van der Waals surface area contributed by atoms with Crippen LogP contribution in [0.1, 0.15) is 46.0 Å². The lowest BCUT2D eigenvalue weighted by atomic mass is 9.62. The molecule has 1 aromatic carbocycles. The summed E-state index contributed by atoms with van der Waals surface area (Å²) < 4.78 is 12.4. The van der Waals surface area contributed by atoms with E-state index in [1.54, 1.807) is 41.3 Å². The highest BCUT2D eigenvalue weighted by atomic mass is 35.5. The Morgan fingerprint density at radius 3 is 2.67 bits per heavy atom. The molecule has 3 saturated heterocycles. The van der Waals surface area contributed by atoms with Gasteiger partial charge in [0.1, 0.15) is 17.6 Å². The fourth-order valence-electron chi connectivity index (χ4n) is 6.76. The van der Waals surface area contributed by atoms with E-state index in [0.717, 1.165) is 0 Å². The number of halogens is 1. The molecule has 3 aliphatic rings. The van der Waals surface area contributed by atoms with Crippen molar-refractivity contribution in [3.63, 3.8) is 0 Å². The van der Waals surface area contributed by atoms with Crippen molar-refractivity contribution in [2.24, 2.45) is 17.8 Å². The van der Waals surface area contributed by atoms with Crippen LogP contribution in [-0.4, -0.2) is 71.3 Å². The summed E-state index contributed by atoms with van der Waals surface area (Å²) >= 11 is 6.51. The molecule has 0 radical (unpaired) electrons. The number of fused-ring (bicyclic) bond motifs is 1. The highest BCUT2D eigenvalue weighted by molar-refractivity contribution is 6.34. The number of nitrogens with zero attached hydrogens (tertiary/aromatic N) is 2. The van der Waals surface area contributed by atoms with Crippen molar-refractivity contribution >= 4 is 35.1 Å². The Morgan fingerprint density at radius 1 is 1.26 bits per heavy atom. The van der Waals surface area contributed by atoms with E-state index in [-0.39, 0.29) is 44.0 Å². The third kappa shape index (κ3) is 4.92. The van der Waals surface area contributed by atoms with Gasteiger partial charge in [0.15, 0.2) is 0 Å². The van der Waals surface area contributed by atoms with Gasteiger partial charge in [0.2, 0.25) is 5.91 Å². The Morgan fingerprint density at radius 2 is 2.00 bits per heavy atom.